The zero-order chi connectivity index (χ0) is 18.1. The molecule has 4 heteroatoms. The van der Waals surface area contributed by atoms with E-state index in [1.807, 2.05) is 12.1 Å². The van der Waals surface area contributed by atoms with E-state index in [0.29, 0.717) is 18.0 Å². The van der Waals surface area contributed by atoms with E-state index in [-0.39, 0.29) is 5.91 Å². The van der Waals surface area contributed by atoms with Crippen molar-refractivity contribution in [1.29, 1.82) is 0 Å². The van der Waals surface area contributed by atoms with Gasteiger partial charge in [0.25, 0.3) is 5.91 Å². The molecule has 0 spiro atoms. The number of piperidine rings is 2. The van der Waals surface area contributed by atoms with Crippen molar-refractivity contribution in [3.8, 4) is 0 Å². The lowest BCUT2D eigenvalue weighted by atomic mass is 9.83. The van der Waals surface area contributed by atoms with E-state index >= 15 is 0 Å². The van der Waals surface area contributed by atoms with Gasteiger partial charge in [0, 0.05) is 35.9 Å². The number of carbonyl (C=O) groups is 1. The van der Waals surface area contributed by atoms with Crippen LogP contribution in [0.4, 0.5) is 0 Å². The van der Waals surface area contributed by atoms with Gasteiger partial charge in [0.1, 0.15) is 0 Å². The number of hydrogen-bond donors (Lipinski definition) is 1. The predicted octanol–water partition coefficient (Wildman–Crippen LogP) is 4.22. The molecule has 0 radical (unpaired) electrons. The summed E-state index contributed by atoms with van der Waals surface area (Å²) in [6.07, 6.45) is 8.60. The van der Waals surface area contributed by atoms with Crippen LogP contribution in [0.25, 0.3) is 10.9 Å². The Kier molecular flexibility index (Phi) is 5.03. The number of amides is 1. The average molecular weight is 354 g/mol. The van der Waals surface area contributed by atoms with Gasteiger partial charge in [-0.2, -0.15) is 0 Å². The van der Waals surface area contributed by atoms with Crippen LogP contribution in [-0.4, -0.2) is 41.1 Å². The third-order valence-electron chi connectivity index (χ3n) is 6.30. The molecule has 140 valence electrons. The van der Waals surface area contributed by atoms with Gasteiger partial charge < -0.3 is 14.8 Å². The largest absolute Gasteiger partial charge is 0.352 e. The molecule has 2 aliphatic rings. The summed E-state index contributed by atoms with van der Waals surface area (Å²) in [5.41, 5.74) is 1.91. The SMILES string of the molecule is CC(C)n1ccc2ccc(C(=O)NC[C@H]3CCCN4CCCC[C@H]34)cc21. The summed E-state index contributed by atoms with van der Waals surface area (Å²) in [7, 11) is 0. The van der Waals surface area contributed by atoms with E-state index in [2.05, 4.69) is 47.0 Å². The molecule has 4 nitrogen and oxygen atoms in total. The molecular weight excluding hydrogens is 322 g/mol. The quantitative estimate of drug-likeness (QED) is 0.894. The van der Waals surface area contributed by atoms with Crippen LogP contribution in [0.1, 0.15) is 62.4 Å². The average Bonchev–Trinajstić information content (AvgIpc) is 3.09. The molecule has 0 unspecified atom stereocenters. The Labute approximate surface area is 156 Å². The Morgan fingerprint density at radius 1 is 1.15 bits per heavy atom. The van der Waals surface area contributed by atoms with E-state index in [9.17, 15) is 4.79 Å². The minimum absolute atomic E-state index is 0.0661. The summed E-state index contributed by atoms with van der Waals surface area (Å²) in [5.74, 6) is 0.674. The van der Waals surface area contributed by atoms with Crippen LogP contribution in [0.15, 0.2) is 30.5 Å². The molecule has 2 fully saturated rings. The van der Waals surface area contributed by atoms with Gasteiger partial charge in [-0.25, -0.2) is 0 Å². The van der Waals surface area contributed by atoms with Crippen LogP contribution in [0.2, 0.25) is 0 Å². The van der Waals surface area contributed by atoms with Crippen LogP contribution in [0.3, 0.4) is 0 Å². The van der Waals surface area contributed by atoms with Crippen molar-refractivity contribution in [3.05, 3.63) is 36.0 Å². The van der Waals surface area contributed by atoms with Crippen molar-refractivity contribution >= 4 is 16.8 Å². The molecule has 2 saturated heterocycles. The number of hydrogen-bond acceptors (Lipinski definition) is 2. The van der Waals surface area contributed by atoms with Gasteiger partial charge in [0.15, 0.2) is 0 Å². The fraction of sp³-hybridized carbons (Fsp3) is 0.591. The first-order valence-electron chi connectivity index (χ1n) is 10.3. The maximum Gasteiger partial charge on any atom is 0.251 e. The Bertz CT molecular complexity index is 777. The summed E-state index contributed by atoms with van der Waals surface area (Å²) in [6, 6.07) is 9.25. The molecule has 4 rings (SSSR count). The highest BCUT2D eigenvalue weighted by atomic mass is 16.1. The normalized spacial score (nSPS) is 24.0. The lowest BCUT2D eigenvalue weighted by molar-refractivity contribution is 0.0575. The monoisotopic (exact) mass is 353 g/mol. The Hall–Kier alpha value is -1.81. The Balaban J connectivity index is 1.44. The van der Waals surface area contributed by atoms with Gasteiger partial charge in [0.2, 0.25) is 0 Å². The highest BCUT2D eigenvalue weighted by Gasteiger charge is 2.32. The van der Waals surface area contributed by atoms with Crippen molar-refractivity contribution in [3.63, 3.8) is 0 Å². The number of fused-ring (bicyclic) bond motifs is 2. The van der Waals surface area contributed by atoms with E-state index in [0.717, 1.165) is 17.6 Å². The molecule has 1 aromatic heterocycles. The second-order valence-electron chi connectivity index (χ2n) is 8.30. The smallest absolute Gasteiger partial charge is 0.251 e. The summed E-state index contributed by atoms with van der Waals surface area (Å²) >= 11 is 0. The predicted molar refractivity (Wildman–Crippen MR) is 107 cm³/mol. The number of rotatable bonds is 4. The summed E-state index contributed by atoms with van der Waals surface area (Å²) in [6.45, 7) is 7.65. The zero-order valence-corrected chi connectivity index (χ0v) is 16.1. The third-order valence-corrected chi connectivity index (χ3v) is 6.30. The molecule has 2 aliphatic heterocycles. The van der Waals surface area contributed by atoms with E-state index in [4.69, 9.17) is 0 Å². The van der Waals surface area contributed by atoms with Crippen molar-refractivity contribution in [2.75, 3.05) is 19.6 Å². The maximum absolute atomic E-state index is 12.8. The van der Waals surface area contributed by atoms with Gasteiger partial charge >= 0.3 is 0 Å². The third kappa shape index (κ3) is 3.39. The molecule has 0 aliphatic carbocycles. The van der Waals surface area contributed by atoms with Crippen molar-refractivity contribution in [2.45, 2.75) is 58.0 Å². The molecule has 3 heterocycles. The first-order chi connectivity index (χ1) is 12.6. The standard InChI is InChI=1S/C22H31N3O/c1-16(2)25-13-10-17-8-9-18(14-21(17)25)22(26)23-15-19-6-5-12-24-11-4-3-7-20(19)24/h8-10,13-14,16,19-20H,3-7,11-12,15H2,1-2H3,(H,23,26)/t19-,20-/m1/s1. The molecule has 1 aromatic carbocycles. The molecule has 1 amide bonds. The van der Waals surface area contributed by atoms with Gasteiger partial charge in [-0.3, -0.25) is 4.79 Å². The maximum atomic E-state index is 12.8. The van der Waals surface area contributed by atoms with Crippen molar-refractivity contribution in [1.82, 2.24) is 14.8 Å². The number of nitrogens with one attached hydrogen (secondary N) is 1. The number of nitrogens with zero attached hydrogens (tertiary/aromatic N) is 2. The van der Waals surface area contributed by atoms with Crippen LogP contribution in [-0.2, 0) is 0 Å². The van der Waals surface area contributed by atoms with E-state index < -0.39 is 0 Å². The molecule has 0 saturated carbocycles. The van der Waals surface area contributed by atoms with E-state index in [1.54, 1.807) is 0 Å². The van der Waals surface area contributed by atoms with Crippen LogP contribution >= 0.6 is 0 Å². The molecule has 2 atom stereocenters. The topological polar surface area (TPSA) is 37.3 Å². The zero-order valence-electron chi connectivity index (χ0n) is 16.1. The summed E-state index contributed by atoms with van der Waals surface area (Å²) < 4.78 is 2.23. The molecule has 2 aromatic rings. The van der Waals surface area contributed by atoms with Crippen LogP contribution in [0, 0.1) is 5.92 Å². The molecule has 1 N–H and O–H groups in total. The Morgan fingerprint density at radius 2 is 2.00 bits per heavy atom. The van der Waals surface area contributed by atoms with Crippen molar-refractivity contribution in [2.24, 2.45) is 5.92 Å². The summed E-state index contributed by atoms with van der Waals surface area (Å²) in [5, 5.41) is 4.43. The Morgan fingerprint density at radius 3 is 2.85 bits per heavy atom. The highest BCUT2D eigenvalue weighted by Crippen LogP contribution is 2.30. The van der Waals surface area contributed by atoms with Gasteiger partial charge in [-0.1, -0.05) is 12.5 Å². The minimum Gasteiger partial charge on any atom is -0.352 e. The molecule has 26 heavy (non-hydrogen) atoms. The molecule has 0 bridgehead atoms. The first kappa shape index (κ1) is 17.6. The summed E-state index contributed by atoms with van der Waals surface area (Å²) in [4.78, 5) is 15.4. The van der Waals surface area contributed by atoms with Gasteiger partial charge in [-0.15, -0.1) is 0 Å². The van der Waals surface area contributed by atoms with E-state index in [1.165, 1.54) is 50.6 Å². The van der Waals surface area contributed by atoms with Crippen molar-refractivity contribution < 1.29 is 4.79 Å². The second kappa shape index (κ2) is 7.43. The number of benzene rings is 1. The fourth-order valence-electron chi connectivity index (χ4n) is 4.88. The fourth-order valence-corrected chi connectivity index (χ4v) is 4.88. The highest BCUT2D eigenvalue weighted by molar-refractivity contribution is 5.98. The van der Waals surface area contributed by atoms with Crippen LogP contribution in [0.5, 0.6) is 0 Å². The van der Waals surface area contributed by atoms with Gasteiger partial charge in [-0.05, 0) is 82.1 Å². The van der Waals surface area contributed by atoms with Gasteiger partial charge in [0.05, 0.1) is 0 Å². The number of aromatic nitrogens is 1. The van der Waals surface area contributed by atoms with Crippen LogP contribution < -0.4 is 5.32 Å². The second-order valence-corrected chi connectivity index (χ2v) is 8.30. The molecular formula is C22H31N3O. The lowest BCUT2D eigenvalue weighted by Crippen LogP contribution is -2.51. The first-order valence-corrected chi connectivity index (χ1v) is 10.3. The number of carbonyl (C=O) groups excluding carboxylic acids is 1. The lowest BCUT2D eigenvalue weighted by Gasteiger charge is -2.44. The minimum atomic E-state index is 0.0661.